The first-order valence-electron chi connectivity index (χ1n) is 4.95. The second-order valence-electron chi connectivity index (χ2n) is 3.71. The van der Waals surface area contributed by atoms with Crippen LogP contribution in [0.5, 0.6) is 0 Å². The van der Waals surface area contributed by atoms with E-state index in [-0.39, 0.29) is 6.04 Å². The molecule has 16 heavy (non-hydrogen) atoms. The van der Waals surface area contributed by atoms with Gasteiger partial charge in [0, 0.05) is 18.9 Å². The van der Waals surface area contributed by atoms with Gasteiger partial charge < -0.3 is 5.73 Å². The zero-order valence-electron chi connectivity index (χ0n) is 9.18. The normalized spacial score (nSPS) is 12.8. The summed E-state index contributed by atoms with van der Waals surface area (Å²) in [6, 6.07) is 3.57. The molecular weight excluding hydrogens is 224 g/mol. The van der Waals surface area contributed by atoms with Crippen LogP contribution in [-0.2, 0) is 7.05 Å². The lowest BCUT2D eigenvalue weighted by Crippen LogP contribution is -2.16. The molecule has 0 aromatic carbocycles. The monoisotopic (exact) mass is 236 g/mol. The molecule has 0 aliphatic rings. The molecule has 5 heteroatoms. The summed E-state index contributed by atoms with van der Waals surface area (Å²) in [6.07, 6.45) is 3.35. The molecule has 0 aliphatic heterocycles. The van der Waals surface area contributed by atoms with E-state index in [1.807, 2.05) is 26.1 Å². The van der Waals surface area contributed by atoms with Gasteiger partial charge in [-0.2, -0.15) is 5.10 Å². The van der Waals surface area contributed by atoms with Crippen LogP contribution in [-0.4, -0.2) is 14.8 Å². The van der Waals surface area contributed by atoms with Crippen LogP contribution < -0.4 is 5.73 Å². The van der Waals surface area contributed by atoms with Gasteiger partial charge in [-0.05, 0) is 24.6 Å². The topological polar surface area (TPSA) is 56.7 Å². The van der Waals surface area contributed by atoms with Crippen LogP contribution in [0.25, 0.3) is 0 Å². The van der Waals surface area contributed by atoms with E-state index in [9.17, 15) is 0 Å². The third-order valence-corrected chi connectivity index (χ3v) is 2.80. The Kier molecular flexibility index (Phi) is 2.94. The molecule has 0 saturated carbocycles. The molecule has 0 amide bonds. The van der Waals surface area contributed by atoms with E-state index in [1.54, 1.807) is 17.1 Å². The first-order valence-corrected chi connectivity index (χ1v) is 5.33. The SMILES string of the molecule is Cc1cc(C(N)c2c(Cl)cnn2C)ccn1. The first-order chi connectivity index (χ1) is 7.59. The van der Waals surface area contributed by atoms with E-state index in [0.717, 1.165) is 17.0 Å². The second kappa shape index (κ2) is 4.23. The minimum Gasteiger partial charge on any atom is -0.319 e. The molecule has 0 radical (unpaired) electrons. The minimum absolute atomic E-state index is 0.276. The highest BCUT2D eigenvalue weighted by Gasteiger charge is 2.16. The Bertz CT molecular complexity index is 487. The zero-order chi connectivity index (χ0) is 11.7. The standard InChI is InChI=1S/C11H13ClN4/c1-7-5-8(3-4-14-7)10(13)11-9(12)6-15-16(11)2/h3-6,10H,13H2,1-2H3. The maximum absolute atomic E-state index is 6.16. The van der Waals surface area contributed by atoms with Gasteiger partial charge in [0.15, 0.2) is 0 Å². The Morgan fingerprint density at radius 1 is 1.50 bits per heavy atom. The molecule has 0 bridgehead atoms. The van der Waals surface area contributed by atoms with Crippen molar-refractivity contribution >= 4 is 11.6 Å². The van der Waals surface area contributed by atoms with Gasteiger partial charge in [0.05, 0.1) is 23.0 Å². The Hall–Kier alpha value is -1.39. The highest BCUT2D eigenvalue weighted by atomic mass is 35.5. The third kappa shape index (κ3) is 1.94. The Morgan fingerprint density at radius 3 is 2.81 bits per heavy atom. The van der Waals surface area contributed by atoms with Crippen molar-refractivity contribution in [2.24, 2.45) is 12.8 Å². The largest absolute Gasteiger partial charge is 0.319 e. The maximum Gasteiger partial charge on any atom is 0.0837 e. The highest BCUT2D eigenvalue weighted by molar-refractivity contribution is 6.31. The van der Waals surface area contributed by atoms with Crippen LogP contribution in [0.15, 0.2) is 24.5 Å². The first kappa shape index (κ1) is 11.1. The summed E-state index contributed by atoms with van der Waals surface area (Å²) in [5.74, 6) is 0. The fourth-order valence-electron chi connectivity index (χ4n) is 1.69. The fraction of sp³-hybridized carbons (Fsp3) is 0.273. The Labute approximate surface area is 99.1 Å². The van der Waals surface area contributed by atoms with Crippen molar-refractivity contribution in [3.8, 4) is 0 Å². The summed E-state index contributed by atoms with van der Waals surface area (Å²) in [4.78, 5) is 4.14. The summed E-state index contributed by atoms with van der Waals surface area (Å²) in [6.45, 7) is 1.93. The van der Waals surface area contributed by atoms with Crippen LogP contribution in [0.1, 0.15) is 23.0 Å². The third-order valence-electron chi connectivity index (χ3n) is 2.51. The van der Waals surface area contributed by atoms with Gasteiger partial charge in [0.2, 0.25) is 0 Å². The molecule has 2 N–H and O–H groups in total. The highest BCUT2D eigenvalue weighted by Crippen LogP contribution is 2.25. The van der Waals surface area contributed by atoms with Gasteiger partial charge in [0.25, 0.3) is 0 Å². The van der Waals surface area contributed by atoms with Crippen LogP contribution in [0.2, 0.25) is 5.02 Å². The number of rotatable bonds is 2. The number of aryl methyl sites for hydroxylation is 2. The van der Waals surface area contributed by atoms with E-state index in [1.165, 1.54) is 0 Å². The van der Waals surface area contributed by atoms with E-state index >= 15 is 0 Å². The maximum atomic E-state index is 6.16. The quantitative estimate of drug-likeness (QED) is 0.866. The molecule has 2 rings (SSSR count). The van der Waals surface area contributed by atoms with Gasteiger partial charge in [0.1, 0.15) is 0 Å². The van der Waals surface area contributed by atoms with Crippen molar-refractivity contribution in [3.63, 3.8) is 0 Å². The molecule has 2 heterocycles. The lowest BCUT2D eigenvalue weighted by atomic mass is 10.1. The van der Waals surface area contributed by atoms with E-state index in [0.29, 0.717) is 5.02 Å². The van der Waals surface area contributed by atoms with Gasteiger partial charge in [-0.25, -0.2) is 0 Å². The molecule has 0 spiro atoms. The van der Waals surface area contributed by atoms with Crippen molar-refractivity contribution in [2.75, 3.05) is 0 Å². The molecule has 2 aromatic rings. The van der Waals surface area contributed by atoms with Crippen LogP contribution in [0.4, 0.5) is 0 Å². The summed E-state index contributed by atoms with van der Waals surface area (Å²) in [7, 11) is 1.83. The number of hydrogen-bond acceptors (Lipinski definition) is 3. The molecule has 1 unspecified atom stereocenters. The molecular formula is C11H13ClN4. The fourth-order valence-corrected chi connectivity index (χ4v) is 1.97. The number of hydrogen-bond donors (Lipinski definition) is 1. The zero-order valence-corrected chi connectivity index (χ0v) is 9.94. The molecule has 1 atom stereocenters. The van der Waals surface area contributed by atoms with Crippen molar-refractivity contribution in [2.45, 2.75) is 13.0 Å². The lowest BCUT2D eigenvalue weighted by molar-refractivity contribution is 0.672. The number of pyridine rings is 1. The molecule has 0 fully saturated rings. The van der Waals surface area contributed by atoms with Crippen molar-refractivity contribution < 1.29 is 0 Å². The average molecular weight is 237 g/mol. The number of nitrogens with zero attached hydrogens (tertiary/aromatic N) is 3. The number of aromatic nitrogens is 3. The Balaban J connectivity index is 2.43. The van der Waals surface area contributed by atoms with Crippen LogP contribution in [0, 0.1) is 6.92 Å². The second-order valence-corrected chi connectivity index (χ2v) is 4.12. The van der Waals surface area contributed by atoms with E-state index in [2.05, 4.69) is 10.1 Å². The van der Waals surface area contributed by atoms with Gasteiger partial charge in [-0.3, -0.25) is 9.67 Å². The lowest BCUT2D eigenvalue weighted by Gasteiger charge is -2.13. The van der Waals surface area contributed by atoms with Crippen LogP contribution in [0.3, 0.4) is 0 Å². The Morgan fingerprint density at radius 2 is 2.25 bits per heavy atom. The van der Waals surface area contributed by atoms with Gasteiger partial charge in [-0.1, -0.05) is 11.6 Å². The van der Waals surface area contributed by atoms with Crippen molar-refractivity contribution in [1.82, 2.24) is 14.8 Å². The molecule has 4 nitrogen and oxygen atoms in total. The smallest absolute Gasteiger partial charge is 0.0837 e. The predicted octanol–water partition coefficient (Wildman–Crippen LogP) is 1.83. The van der Waals surface area contributed by atoms with Gasteiger partial charge in [-0.15, -0.1) is 0 Å². The summed E-state index contributed by atoms with van der Waals surface area (Å²) in [5, 5.41) is 4.66. The van der Waals surface area contributed by atoms with Gasteiger partial charge >= 0.3 is 0 Å². The van der Waals surface area contributed by atoms with Crippen molar-refractivity contribution in [1.29, 1.82) is 0 Å². The summed E-state index contributed by atoms with van der Waals surface area (Å²) in [5.41, 5.74) is 8.89. The average Bonchev–Trinajstić information content (AvgIpc) is 2.58. The molecule has 0 saturated heterocycles. The summed E-state index contributed by atoms with van der Waals surface area (Å²) < 4.78 is 1.70. The van der Waals surface area contributed by atoms with E-state index in [4.69, 9.17) is 17.3 Å². The summed E-state index contributed by atoms with van der Waals surface area (Å²) >= 11 is 6.05. The predicted molar refractivity (Wildman–Crippen MR) is 63.2 cm³/mol. The van der Waals surface area contributed by atoms with E-state index < -0.39 is 0 Å². The molecule has 84 valence electrons. The number of nitrogens with two attached hydrogens (primary N) is 1. The number of halogens is 1. The minimum atomic E-state index is -0.276. The van der Waals surface area contributed by atoms with Crippen molar-refractivity contribution in [3.05, 3.63) is 46.5 Å². The molecule has 0 aliphatic carbocycles. The molecule has 2 aromatic heterocycles. The van der Waals surface area contributed by atoms with Crippen LogP contribution >= 0.6 is 11.6 Å².